The Morgan fingerprint density at radius 2 is 1.96 bits per heavy atom. The molecule has 1 aliphatic rings. The van der Waals surface area contributed by atoms with E-state index in [0.29, 0.717) is 17.0 Å². The van der Waals surface area contributed by atoms with E-state index in [1.165, 1.54) is 6.08 Å². The van der Waals surface area contributed by atoms with Gasteiger partial charge >= 0.3 is 0 Å². The molecule has 5 nitrogen and oxygen atoms in total. The van der Waals surface area contributed by atoms with Gasteiger partial charge in [0.05, 0.1) is 11.0 Å². The van der Waals surface area contributed by atoms with E-state index in [1.807, 2.05) is 13.0 Å². The molecule has 0 atom stereocenters. The first-order valence-corrected chi connectivity index (χ1v) is 11.0. The minimum absolute atomic E-state index is 0.0168. The molecule has 0 aliphatic heterocycles. The lowest BCUT2D eigenvalue weighted by Crippen LogP contribution is -2.25. The second-order valence-corrected chi connectivity index (χ2v) is 9.32. The Morgan fingerprint density at radius 1 is 1.19 bits per heavy atom. The van der Waals surface area contributed by atoms with Crippen LogP contribution in [-0.4, -0.2) is 19.6 Å². The molecule has 6 heteroatoms. The van der Waals surface area contributed by atoms with Gasteiger partial charge < -0.3 is 9.73 Å². The SMILES string of the molecule is Cc1ccc(C=CC(=O)Nc2cccc(CS(=O)(=O)C3CCCCC3)c2)o1. The number of anilines is 1. The third-order valence-electron chi connectivity index (χ3n) is 4.78. The van der Waals surface area contributed by atoms with E-state index in [9.17, 15) is 13.2 Å². The van der Waals surface area contributed by atoms with Crippen LogP contribution in [0.15, 0.2) is 46.9 Å². The highest BCUT2D eigenvalue weighted by Crippen LogP contribution is 2.26. The lowest BCUT2D eigenvalue weighted by Gasteiger charge is -2.21. The lowest BCUT2D eigenvalue weighted by molar-refractivity contribution is -0.111. The highest BCUT2D eigenvalue weighted by molar-refractivity contribution is 7.91. The van der Waals surface area contributed by atoms with Crippen molar-refractivity contribution in [2.75, 3.05) is 5.32 Å². The van der Waals surface area contributed by atoms with E-state index in [1.54, 1.807) is 36.4 Å². The second kappa shape index (κ2) is 8.57. The van der Waals surface area contributed by atoms with E-state index < -0.39 is 9.84 Å². The first kappa shape index (κ1) is 19.4. The zero-order valence-corrected chi connectivity index (χ0v) is 16.3. The maximum atomic E-state index is 12.6. The number of amides is 1. The van der Waals surface area contributed by atoms with Gasteiger partial charge in [-0.05, 0) is 55.7 Å². The fourth-order valence-electron chi connectivity index (χ4n) is 3.40. The van der Waals surface area contributed by atoms with Crippen molar-refractivity contribution in [2.24, 2.45) is 0 Å². The molecule has 1 heterocycles. The molecule has 0 saturated heterocycles. The number of sulfone groups is 1. The average molecular weight is 388 g/mol. The van der Waals surface area contributed by atoms with Gasteiger partial charge in [0.15, 0.2) is 9.84 Å². The van der Waals surface area contributed by atoms with Gasteiger partial charge in [-0.25, -0.2) is 8.42 Å². The summed E-state index contributed by atoms with van der Waals surface area (Å²) in [7, 11) is -3.16. The standard InChI is InChI=1S/C21H25NO4S/c1-16-10-11-19(26-16)12-13-21(23)22-18-7-5-6-17(14-18)15-27(24,25)20-8-3-2-4-9-20/h5-7,10-14,20H,2-4,8-9,15H2,1H3,(H,22,23). The molecule has 1 aromatic carbocycles. The van der Waals surface area contributed by atoms with Gasteiger partial charge in [0.2, 0.25) is 5.91 Å². The lowest BCUT2D eigenvalue weighted by atomic mass is 10.0. The zero-order valence-electron chi connectivity index (χ0n) is 15.5. The first-order chi connectivity index (χ1) is 12.9. The van der Waals surface area contributed by atoms with Crippen molar-refractivity contribution in [3.05, 3.63) is 59.6 Å². The van der Waals surface area contributed by atoms with Crippen LogP contribution in [0.25, 0.3) is 6.08 Å². The Balaban J connectivity index is 1.63. The quantitative estimate of drug-likeness (QED) is 0.741. The maximum Gasteiger partial charge on any atom is 0.248 e. The van der Waals surface area contributed by atoms with Gasteiger partial charge in [-0.3, -0.25) is 4.79 Å². The molecule has 1 amide bonds. The molecular formula is C21H25NO4S. The van der Waals surface area contributed by atoms with Crippen LogP contribution in [0.1, 0.15) is 49.2 Å². The van der Waals surface area contributed by atoms with Crippen LogP contribution >= 0.6 is 0 Å². The van der Waals surface area contributed by atoms with E-state index in [2.05, 4.69) is 5.32 Å². The van der Waals surface area contributed by atoms with Gasteiger partial charge in [-0.1, -0.05) is 31.4 Å². The topological polar surface area (TPSA) is 76.4 Å². The summed E-state index contributed by atoms with van der Waals surface area (Å²) < 4.78 is 30.7. The third kappa shape index (κ3) is 5.57. The second-order valence-electron chi connectivity index (χ2n) is 7.04. The van der Waals surface area contributed by atoms with Crippen LogP contribution in [0.2, 0.25) is 0 Å². The van der Waals surface area contributed by atoms with E-state index in [0.717, 1.165) is 37.9 Å². The number of carbonyl (C=O) groups excluding carboxylic acids is 1. The third-order valence-corrected chi connectivity index (χ3v) is 7.01. The predicted octanol–water partition coefficient (Wildman–Crippen LogP) is 4.49. The molecule has 27 heavy (non-hydrogen) atoms. The highest BCUT2D eigenvalue weighted by Gasteiger charge is 2.27. The normalized spacial score (nSPS) is 15.9. The summed E-state index contributed by atoms with van der Waals surface area (Å²) in [6.07, 6.45) is 7.61. The smallest absolute Gasteiger partial charge is 0.248 e. The minimum atomic E-state index is -3.16. The summed E-state index contributed by atoms with van der Waals surface area (Å²) in [5.74, 6) is 1.11. The molecule has 1 saturated carbocycles. The number of rotatable bonds is 6. The molecule has 2 aromatic rings. The molecule has 1 N–H and O–H groups in total. The van der Waals surface area contributed by atoms with Crippen LogP contribution in [0, 0.1) is 6.92 Å². The van der Waals surface area contributed by atoms with Crippen molar-refractivity contribution in [3.8, 4) is 0 Å². The summed E-state index contributed by atoms with van der Waals surface area (Å²) in [5, 5.41) is 2.53. The van der Waals surface area contributed by atoms with Gasteiger partial charge in [0.1, 0.15) is 11.5 Å². The van der Waals surface area contributed by atoms with Gasteiger partial charge in [-0.2, -0.15) is 0 Å². The first-order valence-electron chi connectivity index (χ1n) is 9.28. The molecule has 3 rings (SSSR count). The zero-order chi connectivity index (χ0) is 19.3. The van der Waals surface area contributed by atoms with Gasteiger partial charge in [0, 0.05) is 11.8 Å². The molecule has 1 aromatic heterocycles. The molecule has 1 aliphatic carbocycles. The monoisotopic (exact) mass is 387 g/mol. The Hall–Kier alpha value is -2.34. The Kier molecular flexibility index (Phi) is 6.16. The largest absolute Gasteiger partial charge is 0.462 e. The van der Waals surface area contributed by atoms with Crippen molar-refractivity contribution in [2.45, 2.75) is 50.0 Å². The van der Waals surface area contributed by atoms with Crippen molar-refractivity contribution in [3.63, 3.8) is 0 Å². The number of aryl methyl sites for hydroxylation is 1. The van der Waals surface area contributed by atoms with Crippen LogP contribution in [0.5, 0.6) is 0 Å². The van der Waals surface area contributed by atoms with Crippen molar-refractivity contribution in [1.82, 2.24) is 0 Å². The Labute approximate surface area is 160 Å². The molecule has 0 radical (unpaired) electrons. The fraction of sp³-hybridized carbons (Fsp3) is 0.381. The van der Waals surface area contributed by atoms with Crippen LogP contribution in [0.3, 0.4) is 0 Å². The molecule has 0 bridgehead atoms. The molecule has 0 unspecified atom stereocenters. The molecule has 1 fully saturated rings. The Morgan fingerprint density at radius 3 is 2.67 bits per heavy atom. The summed E-state index contributed by atoms with van der Waals surface area (Å²) >= 11 is 0. The number of hydrogen-bond donors (Lipinski definition) is 1. The number of hydrogen-bond acceptors (Lipinski definition) is 4. The number of carbonyl (C=O) groups is 1. The van der Waals surface area contributed by atoms with E-state index >= 15 is 0 Å². The maximum absolute atomic E-state index is 12.6. The molecule has 0 spiro atoms. The fourth-order valence-corrected chi connectivity index (χ4v) is 5.33. The number of nitrogens with one attached hydrogen (secondary N) is 1. The van der Waals surface area contributed by atoms with Crippen LogP contribution in [0.4, 0.5) is 5.69 Å². The minimum Gasteiger partial charge on any atom is -0.462 e. The summed E-state index contributed by atoms with van der Waals surface area (Å²) in [6.45, 7) is 1.84. The van der Waals surface area contributed by atoms with E-state index in [4.69, 9.17) is 4.42 Å². The summed E-state index contributed by atoms with van der Waals surface area (Å²) in [6, 6.07) is 10.6. The van der Waals surface area contributed by atoms with Crippen LogP contribution in [-0.2, 0) is 20.4 Å². The molecular weight excluding hydrogens is 362 g/mol. The predicted molar refractivity (Wildman–Crippen MR) is 107 cm³/mol. The van der Waals surface area contributed by atoms with Gasteiger partial charge in [0.25, 0.3) is 0 Å². The summed E-state index contributed by atoms with van der Waals surface area (Å²) in [4.78, 5) is 12.1. The molecule has 144 valence electrons. The van der Waals surface area contributed by atoms with E-state index in [-0.39, 0.29) is 16.9 Å². The summed E-state index contributed by atoms with van der Waals surface area (Å²) in [5.41, 5.74) is 1.28. The van der Waals surface area contributed by atoms with Crippen molar-refractivity contribution in [1.29, 1.82) is 0 Å². The average Bonchev–Trinajstić information content (AvgIpc) is 3.06. The van der Waals surface area contributed by atoms with Crippen molar-refractivity contribution < 1.29 is 17.6 Å². The Bertz CT molecular complexity index is 921. The highest BCUT2D eigenvalue weighted by atomic mass is 32.2. The van der Waals surface area contributed by atoms with Gasteiger partial charge in [-0.15, -0.1) is 0 Å². The number of benzene rings is 1. The van der Waals surface area contributed by atoms with Crippen LogP contribution < -0.4 is 5.32 Å². The van der Waals surface area contributed by atoms with Crippen molar-refractivity contribution >= 4 is 27.5 Å². The number of furan rings is 1.